The molecular formula is C9H19NO2. The van der Waals surface area contributed by atoms with Crippen LogP contribution in [0, 0.1) is 0 Å². The van der Waals surface area contributed by atoms with Crippen molar-refractivity contribution < 1.29 is 9.47 Å². The van der Waals surface area contributed by atoms with Gasteiger partial charge in [0.05, 0.1) is 6.61 Å². The van der Waals surface area contributed by atoms with Crippen LogP contribution in [0.5, 0.6) is 0 Å². The molecular weight excluding hydrogens is 154 g/mol. The van der Waals surface area contributed by atoms with Crippen LogP contribution in [0.4, 0.5) is 0 Å². The first kappa shape index (κ1) is 9.96. The summed E-state index contributed by atoms with van der Waals surface area (Å²) in [6.45, 7) is 2.47. The SMILES string of the molecule is CNCC1(COC)CCCCO1. The molecule has 0 aromatic heterocycles. The van der Waals surface area contributed by atoms with Crippen LogP contribution in [0.25, 0.3) is 0 Å². The maximum Gasteiger partial charge on any atom is 0.104 e. The maximum absolute atomic E-state index is 5.76. The molecule has 72 valence electrons. The molecule has 1 saturated heterocycles. The van der Waals surface area contributed by atoms with Crippen LogP contribution in [0.15, 0.2) is 0 Å². The number of hydrogen-bond acceptors (Lipinski definition) is 3. The Hall–Kier alpha value is -0.120. The van der Waals surface area contributed by atoms with Crippen molar-refractivity contribution in [3.05, 3.63) is 0 Å². The van der Waals surface area contributed by atoms with Crippen LogP contribution in [0.2, 0.25) is 0 Å². The van der Waals surface area contributed by atoms with Crippen molar-refractivity contribution in [1.82, 2.24) is 5.32 Å². The summed E-state index contributed by atoms with van der Waals surface area (Å²) in [5.41, 5.74) is -0.0538. The fourth-order valence-corrected chi connectivity index (χ4v) is 1.80. The summed E-state index contributed by atoms with van der Waals surface area (Å²) >= 11 is 0. The van der Waals surface area contributed by atoms with Crippen molar-refractivity contribution in [2.24, 2.45) is 0 Å². The van der Waals surface area contributed by atoms with Gasteiger partial charge in [0, 0.05) is 20.3 Å². The Kier molecular flexibility index (Phi) is 3.98. The molecule has 0 bridgehead atoms. The Bertz CT molecular complexity index is 106. The molecule has 0 saturated carbocycles. The number of likely N-dealkylation sites (N-methyl/N-ethyl adjacent to an activating group) is 1. The number of methoxy groups -OCH3 is 1. The fourth-order valence-electron chi connectivity index (χ4n) is 1.80. The van der Waals surface area contributed by atoms with Crippen LogP contribution in [-0.4, -0.2) is 39.5 Å². The molecule has 0 aromatic carbocycles. The van der Waals surface area contributed by atoms with E-state index in [1.807, 2.05) is 7.05 Å². The number of hydrogen-bond donors (Lipinski definition) is 1. The lowest BCUT2D eigenvalue weighted by Crippen LogP contribution is -2.48. The molecule has 0 aliphatic carbocycles. The highest BCUT2D eigenvalue weighted by Crippen LogP contribution is 2.24. The van der Waals surface area contributed by atoms with Gasteiger partial charge in [0.15, 0.2) is 0 Å². The van der Waals surface area contributed by atoms with Gasteiger partial charge in [0.2, 0.25) is 0 Å². The molecule has 12 heavy (non-hydrogen) atoms. The van der Waals surface area contributed by atoms with Gasteiger partial charge >= 0.3 is 0 Å². The van der Waals surface area contributed by atoms with Gasteiger partial charge in [-0.05, 0) is 26.3 Å². The predicted molar refractivity (Wildman–Crippen MR) is 48.3 cm³/mol. The van der Waals surface area contributed by atoms with Gasteiger partial charge in [-0.3, -0.25) is 0 Å². The number of nitrogens with one attached hydrogen (secondary N) is 1. The van der Waals surface area contributed by atoms with Crippen molar-refractivity contribution in [3.8, 4) is 0 Å². The minimum absolute atomic E-state index is 0.0538. The largest absolute Gasteiger partial charge is 0.382 e. The van der Waals surface area contributed by atoms with E-state index in [9.17, 15) is 0 Å². The summed E-state index contributed by atoms with van der Waals surface area (Å²) in [5, 5.41) is 3.16. The summed E-state index contributed by atoms with van der Waals surface area (Å²) in [7, 11) is 3.69. The van der Waals surface area contributed by atoms with Gasteiger partial charge in [-0.25, -0.2) is 0 Å². The third-order valence-corrected chi connectivity index (χ3v) is 2.34. The first-order valence-corrected chi connectivity index (χ1v) is 4.60. The lowest BCUT2D eigenvalue weighted by atomic mass is 9.94. The van der Waals surface area contributed by atoms with Crippen molar-refractivity contribution in [2.75, 3.05) is 33.9 Å². The summed E-state index contributed by atoms with van der Waals surface area (Å²) < 4.78 is 10.9. The molecule has 0 amide bonds. The topological polar surface area (TPSA) is 30.5 Å². The zero-order chi connectivity index (χ0) is 8.86. The van der Waals surface area contributed by atoms with E-state index in [1.54, 1.807) is 7.11 Å². The molecule has 1 heterocycles. The van der Waals surface area contributed by atoms with E-state index in [1.165, 1.54) is 12.8 Å². The third-order valence-electron chi connectivity index (χ3n) is 2.34. The average molecular weight is 173 g/mol. The van der Waals surface area contributed by atoms with Gasteiger partial charge in [-0.2, -0.15) is 0 Å². The fraction of sp³-hybridized carbons (Fsp3) is 1.00. The Morgan fingerprint density at radius 2 is 2.33 bits per heavy atom. The first-order chi connectivity index (χ1) is 5.83. The van der Waals surface area contributed by atoms with Crippen molar-refractivity contribution >= 4 is 0 Å². The standard InChI is InChI=1S/C9H19NO2/c1-10-7-9(8-11-2)5-3-4-6-12-9/h10H,3-8H2,1-2H3. The van der Waals surface area contributed by atoms with E-state index in [0.717, 1.165) is 19.6 Å². The smallest absolute Gasteiger partial charge is 0.104 e. The number of ether oxygens (including phenoxy) is 2. The highest BCUT2D eigenvalue weighted by atomic mass is 16.5. The van der Waals surface area contributed by atoms with Crippen molar-refractivity contribution in [2.45, 2.75) is 24.9 Å². The van der Waals surface area contributed by atoms with Crippen LogP contribution >= 0.6 is 0 Å². The summed E-state index contributed by atoms with van der Waals surface area (Å²) in [6, 6.07) is 0. The second-order valence-corrected chi connectivity index (χ2v) is 3.45. The van der Waals surface area contributed by atoms with E-state index >= 15 is 0 Å². The maximum atomic E-state index is 5.76. The van der Waals surface area contributed by atoms with Crippen LogP contribution < -0.4 is 5.32 Å². The average Bonchev–Trinajstić information content (AvgIpc) is 2.07. The molecule has 1 aliphatic heterocycles. The van der Waals surface area contributed by atoms with Gasteiger partial charge in [-0.15, -0.1) is 0 Å². The van der Waals surface area contributed by atoms with Crippen LogP contribution in [0.3, 0.4) is 0 Å². The Balaban J connectivity index is 2.44. The Morgan fingerprint density at radius 1 is 1.50 bits per heavy atom. The minimum Gasteiger partial charge on any atom is -0.382 e. The molecule has 1 rings (SSSR count). The molecule has 1 N–H and O–H groups in total. The highest BCUT2D eigenvalue weighted by Gasteiger charge is 2.32. The van der Waals surface area contributed by atoms with Gasteiger partial charge < -0.3 is 14.8 Å². The first-order valence-electron chi connectivity index (χ1n) is 4.60. The van der Waals surface area contributed by atoms with Gasteiger partial charge in [-0.1, -0.05) is 0 Å². The Morgan fingerprint density at radius 3 is 2.83 bits per heavy atom. The van der Waals surface area contributed by atoms with Crippen LogP contribution in [0.1, 0.15) is 19.3 Å². The molecule has 0 aromatic rings. The molecule has 1 fully saturated rings. The quantitative estimate of drug-likeness (QED) is 0.682. The van der Waals surface area contributed by atoms with E-state index in [2.05, 4.69) is 5.32 Å². The molecule has 1 aliphatic rings. The van der Waals surface area contributed by atoms with Gasteiger partial charge in [0.25, 0.3) is 0 Å². The highest BCUT2D eigenvalue weighted by molar-refractivity contribution is 4.85. The zero-order valence-electron chi connectivity index (χ0n) is 8.06. The molecule has 0 spiro atoms. The minimum atomic E-state index is -0.0538. The normalized spacial score (nSPS) is 30.5. The summed E-state index contributed by atoms with van der Waals surface area (Å²) in [6.07, 6.45) is 3.56. The number of rotatable bonds is 4. The summed E-state index contributed by atoms with van der Waals surface area (Å²) in [4.78, 5) is 0. The van der Waals surface area contributed by atoms with E-state index in [4.69, 9.17) is 9.47 Å². The molecule has 3 heteroatoms. The molecule has 1 unspecified atom stereocenters. The summed E-state index contributed by atoms with van der Waals surface area (Å²) in [5.74, 6) is 0. The van der Waals surface area contributed by atoms with E-state index in [-0.39, 0.29) is 5.60 Å². The second-order valence-electron chi connectivity index (χ2n) is 3.45. The van der Waals surface area contributed by atoms with Crippen LogP contribution in [-0.2, 0) is 9.47 Å². The van der Waals surface area contributed by atoms with Gasteiger partial charge in [0.1, 0.15) is 5.60 Å². The molecule has 3 nitrogen and oxygen atoms in total. The molecule has 0 radical (unpaired) electrons. The van der Waals surface area contributed by atoms with E-state index < -0.39 is 0 Å². The monoisotopic (exact) mass is 173 g/mol. The lowest BCUT2D eigenvalue weighted by molar-refractivity contribution is -0.112. The van der Waals surface area contributed by atoms with E-state index in [0.29, 0.717) is 6.61 Å². The lowest BCUT2D eigenvalue weighted by Gasteiger charge is -2.36. The Labute approximate surface area is 74.4 Å². The zero-order valence-corrected chi connectivity index (χ0v) is 8.06. The predicted octanol–water partition coefficient (Wildman–Crippen LogP) is 0.791. The molecule has 1 atom stereocenters. The third kappa shape index (κ3) is 2.44. The van der Waals surface area contributed by atoms with Crippen molar-refractivity contribution in [1.29, 1.82) is 0 Å². The second kappa shape index (κ2) is 4.80. The van der Waals surface area contributed by atoms with Crippen molar-refractivity contribution in [3.63, 3.8) is 0 Å².